The van der Waals surface area contributed by atoms with Crippen molar-refractivity contribution in [3.05, 3.63) is 59.6 Å². The summed E-state index contributed by atoms with van der Waals surface area (Å²) in [5.74, 6) is -2.73. The lowest BCUT2D eigenvalue weighted by molar-refractivity contribution is -0.244. The van der Waals surface area contributed by atoms with Crippen LogP contribution in [0.4, 0.5) is 18.0 Å². The van der Waals surface area contributed by atoms with E-state index in [0.29, 0.717) is 84.5 Å². The van der Waals surface area contributed by atoms with Gasteiger partial charge in [-0.2, -0.15) is 13.2 Å². The van der Waals surface area contributed by atoms with Crippen molar-refractivity contribution in [1.29, 1.82) is 0 Å². The van der Waals surface area contributed by atoms with Crippen LogP contribution in [0.3, 0.4) is 0 Å². The number of hydrogen-bond donors (Lipinski definition) is 3. The topological polar surface area (TPSA) is 192 Å². The van der Waals surface area contributed by atoms with Crippen LogP contribution in [0.1, 0.15) is 72.6 Å². The standard InChI is InChI=1S/C45H53ClF3N5O10S/c1-24-9-7-8-10-28-22-44(28,41(57)53-65(59,60)31-13-14-31)52-38(55)35-21-30(23-54(35)40(56)37(25(2)17-24)51-42(58)64-43(3,4)45(47,48)49)63-39-32-15-12-29(61-5)18-27(32)20-34(50-39)26-11-16-36(62-6)33(46)19-26/h8,10-12,15-16,18-20,24-25,28,30-31,35,37H,7,9,13-14,17,21-23H2,1-6H3,(H,51,58)(H,52,55)(H,53,57). The quantitative estimate of drug-likeness (QED) is 0.180. The van der Waals surface area contributed by atoms with Crippen LogP contribution >= 0.6 is 11.6 Å². The van der Waals surface area contributed by atoms with Gasteiger partial charge in [0.05, 0.1) is 36.7 Å². The van der Waals surface area contributed by atoms with Crippen LogP contribution in [0.5, 0.6) is 17.4 Å². The summed E-state index contributed by atoms with van der Waals surface area (Å²) in [7, 11) is -1.01. The third kappa shape index (κ3) is 10.2. The fourth-order valence-electron chi connectivity index (χ4n) is 8.50. The largest absolute Gasteiger partial charge is 0.497 e. The van der Waals surface area contributed by atoms with Gasteiger partial charge in [0.2, 0.25) is 33.3 Å². The maximum absolute atomic E-state index is 15.0. The van der Waals surface area contributed by atoms with Gasteiger partial charge in [0.15, 0.2) is 0 Å². The second-order valence-electron chi connectivity index (χ2n) is 18.0. The lowest BCUT2D eigenvalue weighted by atomic mass is 9.88. The Kier molecular flexibility index (Phi) is 13.3. The van der Waals surface area contributed by atoms with E-state index in [0.717, 1.165) is 0 Å². The van der Waals surface area contributed by atoms with Gasteiger partial charge in [-0.3, -0.25) is 19.1 Å². The highest BCUT2D eigenvalue weighted by atomic mass is 35.5. The zero-order valence-corrected chi connectivity index (χ0v) is 38.4. The molecule has 3 aromatic rings. The van der Waals surface area contributed by atoms with Crippen LogP contribution in [0.15, 0.2) is 54.6 Å². The molecule has 65 heavy (non-hydrogen) atoms. The zero-order chi connectivity index (χ0) is 47.2. The Morgan fingerprint density at radius 2 is 1.74 bits per heavy atom. The van der Waals surface area contributed by atoms with Crippen LogP contribution in [0, 0.1) is 17.8 Å². The number of hydrogen-bond acceptors (Lipinski definition) is 11. The third-order valence-electron chi connectivity index (χ3n) is 12.6. The average Bonchev–Trinajstić information content (AvgIpc) is 4.17. The van der Waals surface area contributed by atoms with E-state index in [2.05, 4.69) is 15.4 Å². The Morgan fingerprint density at radius 3 is 2.40 bits per heavy atom. The van der Waals surface area contributed by atoms with E-state index in [1.807, 2.05) is 19.1 Å². The summed E-state index contributed by atoms with van der Waals surface area (Å²) in [5, 5.41) is 6.01. The van der Waals surface area contributed by atoms with E-state index in [1.54, 1.807) is 49.4 Å². The summed E-state index contributed by atoms with van der Waals surface area (Å²) in [6, 6.07) is 9.30. The van der Waals surface area contributed by atoms with Crippen LogP contribution in [0.25, 0.3) is 22.0 Å². The minimum absolute atomic E-state index is 0.0634. The fraction of sp³-hybridized carbons (Fsp3) is 0.533. The summed E-state index contributed by atoms with van der Waals surface area (Å²) >= 11 is 6.50. The number of alkyl carbamates (subject to hydrolysis) is 1. The van der Waals surface area contributed by atoms with Crippen molar-refractivity contribution in [2.45, 2.75) is 113 Å². The van der Waals surface area contributed by atoms with Crippen LogP contribution in [0.2, 0.25) is 5.02 Å². The molecular formula is C45H53ClF3N5O10S. The molecule has 1 saturated heterocycles. The first-order valence-corrected chi connectivity index (χ1v) is 23.4. The molecule has 4 aliphatic rings. The van der Waals surface area contributed by atoms with Gasteiger partial charge in [-0.15, -0.1) is 0 Å². The summed E-state index contributed by atoms with van der Waals surface area (Å²) in [5.41, 5.74) is -3.53. The van der Waals surface area contributed by atoms with Gasteiger partial charge in [0, 0.05) is 23.3 Å². The molecule has 15 nitrogen and oxygen atoms in total. The number of nitrogens with one attached hydrogen (secondary N) is 3. The molecule has 7 atom stereocenters. The van der Waals surface area contributed by atoms with Gasteiger partial charge in [0.1, 0.15) is 35.2 Å². The number of halogens is 4. The number of ether oxygens (including phenoxy) is 4. The van der Waals surface area contributed by atoms with Gasteiger partial charge in [-0.05, 0) is 112 Å². The molecule has 352 valence electrons. The number of nitrogens with zero attached hydrogens (tertiary/aromatic N) is 2. The summed E-state index contributed by atoms with van der Waals surface area (Å²) in [6.07, 6.45) is -1.58. The third-order valence-corrected chi connectivity index (χ3v) is 14.8. The Balaban J connectivity index is 1.27. The van der Waals surface area contributed by atoms with Gasteiger partial charge in [-0.1, -0.05) is 37.6 Å². The number of sulfonamides is 1. The first kappa shape index (κ1) is 47.7. The second-order valence-corrected chi connectivity index (χ2v) is 20.4. The van der Waals surface area contributed by atoms with Crippen molar-refractivity contribution in [2.24, 2.45) is 17.8 Å². The number of amides is 4. The van der Waals surface area contributed by atoms with Crippen LogP contribution in [-0.4, -0.2) is 104 Å². The Hall–Kier alpha value is -5.30. The fourth-order valence-corrected chi connectivity index (χ4v) is 10.1. The van der Waals surface area contributed by atoms with Crippen LogP contribution < -0.4 is 29.6 Å². The molecule has 0 spiro atoms. The number of alkyl halides is 3. The summed E-state index contributed by atoms with van der Waals surface area (Å²) in [4.78, 5) is 62.9. The van der Waals surface area contributed by atoms with Crippen molar-refractivity contribution in [3.8, 4) is 28.6 Å². The number of rotatable bonds is 10. The van der Waals surface area contributed by atoms with E-state index in [-0.39, 0.29) is 31.2 Å². The minimum Gasteiger partial charge on any atom is -0.497 e. The minimum atomic E-state index is -4.94. The molecule has 0 radical (unpaired) electrons. The molecule has 7 unspecified atom stereocenters. The smallest absolute Gasteiger partial charge is 0.427 e. The SMILES string of the molecule is COc1ccc2c(OC3CC4C(=O)NC5(C(=O)NS(=O)(=O)C6CC6)CC5C=CCCC(C)CC(C)C(NC(=O)OC(C)(C)C(F)(F)F)C(=O)N4C3)nc(-c3ccc(OC)c(Cl)c3)cc2c1. The van der Waals surface area contributed by atoms with Crippen molar-refractivity contribution >= 4 is 56.2 Å². The number of carbonyl (C=O) groups is 4. The van der Waals surface area contributed by atoms with E-state index in [1.165, 1.54) is 19.1 Å². The van der Waals surface area contributed by atoms with Gasteiger partial charge in [0.25, 0.3) is 5.91 Å². The number of carbonyl (C=O) groups excluding carboxylic acids is 4. The average molecular weight is 948 g/mol. The summed E-state index contributed by atoms with van der Waals surface area (Å²) in [6.45, 7) is 4.72. The molecule has 2 saturated carbocycles. The zero-order valence-electron chi connectivity index (χ0n) is 36.8. The first-order chi connectivity index (χ1) is 30.5. The lowest BCUT2D eigenvalue weighted by Gasteiger charge is -2.34. The van der Waals surface area contributed by atoms with E-state index >= 15 is 0 Å². The number of fused-ring (bicyclic) bond motifs is 3. The first-order valence-electron chi connectivity index (χ1n) is 21.5. The second kappa shape index (κ2) is 18.2. The monoisotopic (exact) mass is 947 g/mol. The molecule has 4 amide bonds. The highest BCUT2D eigenvalue weighted by Crippen LogP contribution is 2.46. The Labute approximate surface area is 380 Å². The molecule has 2 aromatic carbocycles. The van der Waals surface area contributed by atoms with Gasteiger partial charge in [-0.25, -0.2) is 18.2 Å². The predicted octanol–water partition coefficient (Wildman–Crippen LogP) is 6.85. The molecule has 3 heterocycles. The number of aromatic nitrogens is 1. The summed E-state index contributed by atoms with van der Waals surface area (Å²) < 4.78 is 92.0. The number of methoxy groups -OCH3 is 2. The molecule has 2 aliphatic heterocycles. The van der Waals surface area contributed by atoms with Crippen molar-refractivity contribution < 1.29 is 59.7 Å². The highest BCUT2D eigenvalue weighted by Gasteiger charge is 2.62. The maximum Gasteiger partial charge on any atom is 0.427 e. The number of allylic oxidation sites excluding steroid dienone is 1. The maximum atomic E-state index is 15.0. The lowest BCUT2D eigenvalue weighted by Crippen LogP contribution is -2.59. The van der Waals surface area contributed by atoms with Crippen LogP contribution in [-0.2, 0) is 29.1 Å². The Bertz CT molecular complexity index is 2500. The molecule has 1 aromatic heterocycles. The molecule has 2 aliphatic carbocycles. The van der Waals surface area contributed by atoms with Crippen molar-refractivity contribution in [2.75, 3.05) is 20.8 Å². The molecule has 3 fully saturated rings. The van der Waals surface area contributed by atoms with Crippen molar-refractivity contribution in [3.63, 3.8) is 0 Å². The number of pyridine rings is 1. The number of benzene rings is 2. The van der Waals surface area contributed by atoms with Crippen molar-refractivity contribution in [1.82, 2.24) is 25.2 Å². The molecule has 3 N–H and O–H groups in total. The van der Waals surface area contributed by atoms with E-state index in [4.69, 9.17) is 35.5 Å². The van der Waals surface area contributed by atoms with Gasteiger partial charge < -0.3 is 34.5 Å². The molecular weight excluding hydrogens is 895 g/mol. The molecule has 20 heteroatoms. The molecule has 0 bridgehead atoms. The predicted molar refractivity (Wildman–Crippen MR) is 234 cm³/mol. The van der Waals surface area contributed by atoms with Gasteiger partial charge >= 0.3 is 12.3 Å². The Morgan fingerprint density at radius 1 is 1.00 bits per heavy atom. The highest BCUT2D eigenvalue weighted by molar-refractivity contribution is 7.91. The van der Waals surface area contributed by atoms with E-state index in [9.17, 15) is 40.8 Å². The normalized spacial score (nSPS) is 26.5. The van der Waals surface area contributed by atoms with E-state index < -0.39 is 86.4 Å². The molecule has 7 rings (SSSR count).